The molecular weight excluding hydrogens is 220 g/mol. The summed E-state index contributed by atoms with van der Waals surface area (Å²) in [7, 11) is 1.82. The van der Waals surface area contributed by atoms with Gasteiger partial charge < -0.3 is 4.74 Å². The van der Waals surface area contributed by atoms with E-state index in [1.165, 1.54) is 44.9 Å². The van der Waals surface area contributed by atoms with Crippen molar-refractivity contribution in [2.75, 3.05) is 13.7 Å². The summed E-state index contributed by atoms with van der Waals surface area (Å²) in [5.74, 6) is 1.72. The van der Waals surface area contributed by atoms with Crippen molar-refractivity contribution in [2.24, 2.45) is 17.3 Å². The van der Waals surface area contributed by atoms with Gasteiger partial charge in [0.25, 0.3) is 0 Å². The van der Waals surface area contributed by atoms with Gasteiger partial charge in [0.05, 0.1) is 0 Å². The molecule has 0 unspecified atom stereocenters. The van der Waals surface area contributed by atoms with Crippen LogP contribution in [0.15, 0.2) is 0 Å². The predicted octanol–water partition coefficient (Wildman–Crippen LogP) is 5.68. The number of rotatable bonds is 10. The highest BCUT2D eigenvalue weighted by molar-refractivity contribution is 4.69. The molecule has 0 saturated heterocycles. The molecule has 1 heteroatoms. The summed E-state index contributed by atoms with van der Waals surface area (Å²) in [4.78, 5) is 0. The highest BCUT2D eigenvalue weighted by Crippen LogP contribution is 2.29. The van der Waals surface area contributed by atoms with E-state index >= 15 is 0 Å². The number of methoxy groups -OCH3 is 1. The Bertz CT molecular complexity index is 179. The molecule has 1 nitrogen and oxygen atoms in total. The smallest absolute Gasteiger partial charge is 0.0464 e. The maximum Gasteiger partial charge on any atom is 0.0464 e. The van der Waals surface area contributed by atoms with Crippen molar-refractivity contribution < 1.29 is 4.74 Å². The maximum absolute atomic E-state index is 5.25. The molecule has 0 radical (unpaired) electrons. The molecule has 0 aromatic carbocycles. The second-order valence-corrected chi connectivity index (χ2v) is 7.44. The molecular formula is C17H36O. The molecule has 0 heterocycles. The molecule has 0 aromatic rings. The fourth-order valence-corrected chi connectivity index (χ4v) is 2.66. The molecule has 0 bridgehead atoms. The monoisotopic (exact) mass is 256 g/mol. The number of hydrogen-bond acceptors (Lipinski definition) is 1. The Kier molecular flexibility index (Phi) is 9.81. The standard InChI is InChI=1S/C17H36O/c1-15(2)10-8-7-9-11-16(12-13-18-6)14-17(3,4)5/h15-16H,7-14H2,1-6H3/t16-/m1/s1. The summed E-state index contributed by atoms with van der Waals surface area (Å²) < 4.78 is 5.25. The predicted molar refractivity (Wildman–Crippen MR) is 82.0 cm³/mol. The van der Waals surface area contributed by atoms with Crippen LogP contribution in [0.2, 0.25) is 0 Å². The lowest BCUT2D eigenvalue weighted by Crippen LogP contribution is -2.15. The number of ether oxygens (including phenoxy) is 1. The molecule has 0 fully saturated rings. The summed E-state index contributed by atoms with van der Waals surface area (Å²) in [6.45, 7) is 12.6. The number of hydrogen-bond donors (Lipinski definition) is 0. The molecule has 110 valence electrons. The Labute approximate surface area is 116 Å². The molecule has 0 amide bonds. The van der Waals surface area contributed by atoms with Crippen LogP contribution in [0.3, 0.4) is 0 Å². The van der Waals surface area contributed by atoms with E-state index < -0.39 is 0 Å². The van der Waals surface area contributed by atoms with Crippen molar-refractivity contribution in [2.45, 2.75) is 79.6 Å². The Morgan fingerprint density at radius 3 is 2.00 bits per heavy atom. The van der Waals surface area contributed by atoms with Gasteiger partial charge in [-0.3, -0.25) is 0 Å². The highest BCUT2D eigenvalue weighted by Gasteiger charge is 2.18. The van der Waals surface area contributed by atoms with Crippen LogP contribution in [0.25, 0.3) is 0 Å². The third kappa shape index (κ3) is 12.4. The van der Waals surface area contributed by atoms with Crippen LogP contribution in [0, 0.1) is 17.3 Å². The van der Waals surface area contributed by atoms with Gasteiger partial charge in [0, 0.05) is 13.7 Å². The van der Waals surface area contributed by atoms with E-state index in [-0.39, 0.29) is 0 Å². The van der Waals surface area contributed by atoms with Gasteiger partial charge in [-0.15, -0.1) is 0 Å². The molecule has 0 aromatic heterocycles. The average Bonchev–Trinajstić information content (AvgIpc) is 2.22. The van der Waals surface area contributed by atoms with E-state index in [0.717, 1.165) is 18.4 Å². The molecule has 0 spiro atoms. The molecule has 0 rings (SSSR count). The van der Waals surface area contributed by atoms with Crippen LogP contribution in [0.1, 0.15) is 79.6 Å². The largest absolute Gasteiger partial charge is 0.385 e. The van der Waals surface area contributed by atoms with Crippen molar-refractivity contribution in [1.29, 1.82) is 0 Å². The summed E-state index contributed by atoms with van der Waals surface area (Å²) in [5.41, 5.74) is 0.455. The molecule has 18 heavy (non-hydrogen) atoms. The second-order valence-electron chi connectivity index (χ2n) is 7.44. The summed E-state index contributed by atoms with van der Waals surface area (Å²) in [6, 6.07) is 0. The second kappa shape index (κ2) is 9.83. The van der Waals surface area contributed by atoms with Crippen LogP contribution in [0.5, 0.6) is 0 Å². The first-order chi connectivity index (χ1) is 8.35. The summed E-state index contributed by atoms with van der Waals surface area (Å²) in [6.07, 6.45) is 9.56. The molecule has 0 N–H and O–H groups in total. The van der Waals surface area contributed by atoms with Crippen LogP contribution in [-0.2, 0) is 4.74 Å². The molecule has 0 aliphatic carbocycles. The van der Waals surface area contributed by atoms with E-state index in [2.05, 4.69) is 34.6 Å². The van der Waals surface area contributed by atoms with Gasteiger partial charge >= 0.3 is 0 Å². The third-order valence-electron chi connectivity index (χ3n) is 3.53. The minimum absolute atomic E-state index is 0.455. The van der Waals surface area contributed by atoms with E-state index in [0.29, 0.717) is 5.41 Å². The Morgan fingerprint density at radius 2 is 1.50 bits per heavy atom. The maximum atomic E-state index is 5.25. The normalized spacial score (nSPS) is 14.2. The van der Waals surface area contributed by atoms with E-state index in [9.17, 15) is 0 Å². The van der Waals surface area contributed by atoms with Crippen molar-refractivity contribution in [3.63, 3.8) is 0 Å². The lowest BCUT2D eigenvalue weighted by molar-refractivity contribution is 0.157. The van der Waals surface area contributed by atoms with Gasteiger partial charge in [-0.2, -0.15) is 0 Å². The first-order valence-electron chi connectivity index (χ1n) is 7.84. The molecule has 1 atom stereocenters. The van der Waals surface area contributed by atoms with Crippen molar-refractivity contribution in [3.05, 3.63) is 0 Å². The Morgan fingerprint density at radius 1 is 0.889 bits per heavy atom. The Balaban J connectivity index is 3.79. The molecule has 0 saturated carbocycles. The van der Waals surface area contributed by atoms with Crippen LogP contribution in [-0.4, -0.2) is 13.7 Å². The lowest BCUT2D eigenvalue weighted by Gasteiger charge is -2.26. The fourth-order valence-electron chi connectivity index (χ4n) is 2.66. The van der Waals surface area contributed by atoms with Gasteiger partial charge in [0.15, 0.2) is 0 Å². The first kappa shape index (κ1) is 18.0. The fraction of sp³-hybridized carbons (Fsp3) is 1.00. The summed E-state index contributed by atoms with van der Waals surface area (Å²) in [5, 5.41) is 0. The Hall–Kier alpha value is -0.0400. The SMILES string of the molecule is COCC[C@@H](CCCCCC(C)C)CC(C)(C)C. The van der Waals surface area contributed by atoms with Gasteiger partial charge in [0.2, 0.25) is 0 Å². The van der Waals surface area contributed by atoms with Gasteiger partial charge in [0.1, 0.15) is 0 Å². The van der Waals surface area contributed by atoms with Gasteiger partial charge in [-0.05, 0) is 30.1 Å². The van der Waals surface area contributed by atoms with Crippen LogP contribution >= 0.6 is 0 Å². The number of unbranched alkanes of at least 4 members (excludes halogenated alkanes) is 2. The van der Waals surface area contributed by atoms with E-state index in [1.54, 1.807) is 0 Å². The lowest BCUT2D eigenvalue weighted by atomic mass is 9.81. The summed E-state index contributed by atoms with van der Waals surface area (Å²) >= 11 is 0. The van der Waals surface area contributed by atoms with E-state index in [4.69, 9.17) is 4.74 Å². The molecule has 0 aliphatic heterocycles. The van der Waals surface area contributed by atoms with Crippen LogP contribution < -0.4 is 0 Å². The quantitative estimate of drug-likeness (QED) is 0.457. The minimum atomic E-state index is 0.455. The van der Waals surface area contributed by atoms with Gasteiger partial charge in [-0.25, -0.2) is 0 Å². The molecule has 0 aliphatic rings. The minimum Gasteiger partial charge on any atom is -0.385 e. The van der Waals surface area contributed by atoms with Crippen LogP contribution in [0.4, 0.5) is 0 Å². The zero-order valence-corrected chi connectivity index (χ0v) is 13.7. The van der Waals surface area contributed by atoms with Crippen molar-refractivity contribution in [1.82, 2.24) is 0 Å². The van der Waals surface area contributed by atoms with Crippen molar-refractivity contribution >= 4 is 0 Å². The van der Waals surface area contributed by atoms with E-state index in [1.807, 2.05) is 7.11 Å². The average molecular weight is 256 g/mol. The first-order valence-corrected chi connectivity index (χ1v) is 7.84. The zero-order chi connectivity index (χ0) is 14.0. The third-order valence-corrected chi connectivity index (χ3v) is 3.53. The highest BCUT2D eigenvalue weighted by atomic mass is 16.5. The van der Waals surface area contributed by atoms with Crippen molar-refractivity contribution in [3.8, 4) is 0 Å². The zero-order valence-electron chi connectivity index (χ0n) is 13.7. The topological polar surface area (TPSA) is 9.23 Å². The van der Waals surface area contributed by atoms with Gasteiger partial charge in [-0.1, -0.05) is 66.7 Å².